The fourth-order valence-electron chi connectivity index (χ4n) is 2.38. The van der Waals surface area contributed by atoms with E-state index in [0.29, 0.717) is 0 Å². The highest BCUT2D eigenvalue weighted by Gasteiger charge is 2.15. The number of hydrogen-bond acceptors (Lipinski definition) is 4. The van der Waals surface area contributed by atoms with E-state index in [4.69, 9.17) is 4.74 Å². The molecule has 0 radical (unpaired) electrons. The number of thiophene rings is 1. The molecule has 1 aromatic heterocycles. The second-order valence-electron chi connectivity index (χ2n) is 4.80. The first-order valence-corrected chi connectivity index (χ1v) is 8.26. The lowest BCUT2D eigenvalue weighted by Gasteiger charge is -2.19. The summed E-state index contributed by atoms with van der Waals surface area (Å²) in [7, 11) is 0. The zero-order valence-corrected chi connectivity index (χ0v) is 13.2. The Labute approximate surface area is 134 Å². The highest BCUT2D eigenvalue weighted by Crippen LogP contribution is 2.32. The standard InChI is InChI=1S/C17H17NOS2/c20-18-11-10-16(17-9-4-12-21-17)19-15-8-3-6-13-5-1-2-7-14(13)15/h1-9,12,16,18,20H,10-11H2. The van der Waals surface area contributed by atoms with Crippen LogP contribution >= 0.6 is 24.2 Å². The average molecular weight is 315 g/mol. The second-order valence-corrected chi connectivity index (χ2v) is 6.09. The van der Waals surface area contributed by atoms with Gasteiger partial charge in [-0.25, -0.2) is 0 Å². The van der Waals surface area contributed by atoms with Gasteiger partial charge in [-0.05, 0) is 22.9 Å². The van der Waals surface area contributed by atoms with Crippen LogP contribution in [0.15, 0.2) is 60.0 Å². The first-order valence-electron chi connectivity index (χ1n) is 6.93. The number of hydrogen-bond donors (Lipinski definition) is 2. The third-order valence-corrected chi connectivity index (χ3v) is 4.59. The Morgan fingerprint density at radius 1 is 1.05 bits per heavy atom. The van der Waals surface area contributed by atoms with Crippen LogP contribution in [-0.4, -0.2) is 6.54 Å². The van der Waals surface area contributed by atoms with Gasteiger partial charge in [-0.15, -0.1) is 11.3 Å². The molecule has 0 aliphatic rings. The molecule has 21 heavy (non-hydrogen) atoms. The smallest absolute Gasteiger partial charge is 0.134 e. The van der Waals surface area contributed by atoms with Crippen molar-refractivity contribution in [2.75, 3.05) is 6.54 Å². The maximum Gasteiger partial charge on any atom is 0.134 e. The molecule has 1 heterocycles. The van der Waals surface area contributed by atoms with Gasteiger partial charge in [0.1, 0.15) is 11.9 Å². The van der Waals surface area contributed by atoms with Gasteiger partial charge in [0.15, 0.2) is 0 Å². The first-order chi connectivity index (χ1) is 10.4. The van der Waals surface area contributed by atoms with Crippen LogP contribution in [0.4, 0.5) is 0 Å². The summed E-state index contributed by atoms with van der Waals surface area (Å²) < 4.78 is 9.21. The van der Waals surface area contributed by atoms with Gasteiger partial charge in [0.25, 0.3) is 0 Å². The minimum atomic E-state index is 0.0513. The quantitative estimate of drug-likeness (QED) is 0.635. The molecule has 2 aromatic carbocycles. The molecule has 0 saturated heterocycles. The zero-order chi connectivity index (χ0) is 14.5. The van der Waals surface area contributed by atoms with Crippen molar-refractivity contribution in [3.63, 3.8) is 0 Å². The van der Waals surface area contributed by atoms with Crippen molar-refractivity contribution < 1.29 is 4.74 Å². The molecule has 0 fully saturated rings. The Bertz CT molecular complexity index is 692. The first kappa shape index (κ1) is 14.4. The van der Waals surface area contributed by atoms with E-state index in [0.717, 1.165) is 24.1 Å². The molecular weight excluding hydrogens is 298 g/mol. The molecule has 1 atom stereocenters. The van der Waals surface area contributed by atoms with Crippen LogP contribution in [0.2, 0.25) is 0 Å². The van der Waals surface area contributed by atoms with Crippen molar-refractivity contribution in [3.8, 4) is 5.75 Å². The van der Waals surface area contributed by atoms with Crippen LogP contribution in [-0.2, 0) is 0 Å². The minimum Gasteiger partial charge on any atom is -0.484 e. The molecule has 4 heteroatoms. The average Bonchev–Trinajstić information content (AvgIpc) is 3.06. The molecule has 2 nitrogen and oxygen atoms in total. The van der Waals surface area contributed by atoms with Crippen molar-refractivity contribution in [3.05, 3.63) is 64.9 Å². The van der Waals surface area contributed by atoms with E-state index in [1.165, 1.54) is 10.3 Å². The van der Waals surface area contributed by atoms with Gasteiger partial charge in [0, 0.05) is 23.2 Å². The summed E-state index contributed by atoms with van der Waals surface area (Å²) in [6, 6.07) is 18.7. The Morgan fingerprint density at radius 2 is 1.90 bits per heavy atom. The monoisotopic (exact) mass is 315 g/mol. The van der Waals surface area contributed by atoms with Crippen molar-refractivity contribution in [1.29, 1.82) is 0 Å². The molecule has 0 saturated carbocycles. The summed E-state index contributed by atoms with van der Waals surface area (Å²) in [5, 5.41) is 4.44. The third kappa shape index (κ3) is 3.40. The van der Waals surface area contributed by atoms with Crippen LogP contribution in [0.1, 0.15) is 17.4 Å². The Hall–Kier alpha value is -1.49. The molecule has 0 spiro atoms. The summed E-state index contributed by atoms with van der Waals surface area (Å²) in [5.41, 5.74) is 0. The van der Waals surface area contributed by atoms with E-state index >= 15 is 0 Å². The lowest BCUT2D eigenvalue weighted by Crippen LogP contribution is -2.13. The number of ether oxygens (including phenoxy) is 1. The molecule has 1 N–H and O–H groups in total. The maximum absolute atomic E-state index is 6.31. The van der Waals surface area contributed by atoms with Crippen LogP contribution in [0.5, 0.6) is 5.75 Å². The topological polar surface area (TPSA) is 21.3 Å². The lowest BCUT2D eigenvalue weighted by atomic mass is 10.1. The Kier molecular flexibility index (Phi) is 4.80. The van der Waals surface area contributed by atoms with Gasteiger partial charge >= 0.3 is 0 Å². The fraction of sp³-hybridized carbons (Fsp3) is 0.176. The molecule has 3 aromatic rings. The molecule has 1 unspecified atom stereocenters. The van der Waals surface area contributed by atoms with Crippen LogP contribution in [0.3, 0.4) is 0 Å². The van der Waals surface area contributed by atoms with Crippen LogP contribution < -0.4 is 9.46 Å². The van der Waals surface area contributed by atoms with E-state index in [2.05, 4.69) is 53.2 Å². The summed E-state index contributed by atoms with van der Waals surface area (Å²) in [5.74, 6) is 0.936. The van der Waals surface area contributed by atoms with Crippen molar-refractivity contribution in [2.45, 2.75) is 12.5 Å². The summed E-state index contributed by atoms with van der Waals surface area (Å²) in [6.45, 7) is 0.802. The normalized spacial score (nSPS) is 12.4. The number of rotatable bonds is 6. The second kappa shape index (κ2) is 6.98. The van der Waals surface area contributed by atoms with E-state index in [1.54, 1.807) is 11.3 Å². The predicted octanol–water partition coefficient (Wildman–Crippen LogP) is 4.85. The minimum absolute atomic E-state index is 0.0513. The van der Waals surface area contributed by atoms with Crippen molar-refractivity contribution in [1.82, 2.24) is 4.72 Å². The Balaban J connectivity index is 1.90. The molecule has 0 amide bonds. The molecule has 0 aliphatic carbocycles. The number of benzene rings is 2. The molecule has 3 rings (SSSR count). The third-order valence-electron chi connectivity index (χ3n) is 3.40. The number of nitrogens with one attached hydrogen (secondary N) is 1. The van der Waals surface area contributed by atoms with E-state index in [9.17, 15) is 0 Å². The zero-order valence-electron chi connectivity index (χ0n) is 11.5. The molecule has 0 bridgehead atoms. The largest absolute Gasteiger partial charge is 0.484 e. The van der Waals surface area contributed by atoms with Crippen LogP contribution in [0.25, 0.3) is 10.8 Å². The highest BCUT2D eigenvalue weighted by atomic mass is 32.1. The lowest BCUT2D eigenvalue weighted by molar-refractivity contribution is 0.203. The van der Waals surface area contributed by atoms with Gasteiger partial charge in [-0.3, -0.25) is 4.72 Å². The SMILES string of the molecule is SNCCC(Oc1cccc2ccccc12)c1cccs1. The van der Waals surface area contributed by atoms with Gasteiger partial charge in [-0.2, -0.15) is 0 Å². The number of thiol groups is 1. The van der Waals surface area contributed by atoms with Crippen LogP contribution in [0, 0.1) is 0 Å². The van der Waals surface area contributed by atoms with Gasteiger partial charge in [-0.1, -0.05) is 55.3 Å². The van der Waals surface area contributed by atoms with E-state index in [-0.39, 0.29) is 6.10 Å². The van der Waals surface area contributed by atoms with Gasteiger partial charge in [0.05, 0.1) is 0 Å². The van der Waals surface area contributed by atoms with E-state index in [1.807, 2.05) is 24.3 Å². The van der Waals surface area contributed by atoms with Crippen molar-refractivity contribution >= 4 is 34.9 Å². The number of fused-ring (bicyclic) bond motifs is 1. The maximum atomic E-state index is 6.31. The Morgan fingerprint density at radius 3 is 2.71 bits per heavy atom. The van der Waals surface area contributed by atoms with Gasteiger partial charge in [0.2, 0.25) is 0 Å². The van der Waals surface area contributed by atoms with Crippen molar-refractivity contribution in [2.24, 2.45) is 0 Å². The summed E-state index contributed by atoms with van der Waals surface area (Å²) >= 11 is 5.80. The molecular formula is C17H17NOS2. The summed E-state index contributed by atoms with van der Waals surface area (Å²) in [6.07, 6.45) is 0.934. The highest BCUT2D eigenvalue weighted by molar-refractivity contribution is 7.78. The predicted molar refractivity (Wildman–Crippen MR) is 93.2 cm³/mol. The summed E-state index contributed by atoms with van der Waals surface area (Å²) in [4.78, 5) is 1.24. The van der Waals surface area contributed by atoms with E-state index < -0.39 is 0 Å². The fourth-order valence-corrected chi connectivity index (χ4v) is 3.30. The molecule has 0 aliphatic heterocycles. The van der Waals surface area contributed by atoms with Gasteiger partial charge < -0.3 is 4.74 Å². The molecule has 108 valence electrons.